The first-order valence-electron chi connectivity index (χ1n) is 13.8. The summed E-state index contributed by atoms with van der Waals surface area (Å²) >= 11 is 0. The first kappa shape index (κ1) is 32.1. The van der Waals surface area contributed by atoms with Crippen LogP contribution in [0.15, 0.2) is 24.3 Å². The Kier molecular flexibility index (Phi) is 10.7. The van der Waals surface area contributed by atoms with Crippen LogP contribution in [-0.4, -0.2) is 101 Å². The van der Waals surface area contributed by atoms with Gasteiger partial charge in [-0.2, -0.15) is 0 Å². The number of benzene rings is 1. The van der Waals surface area contributed by atoms with E-state index < -0.39 is 48.1 Å². The first-order chi connectivity index (χ1) is 19.8. The highest BCUT2D eigenvalue weighted by Crippen LogP contribution is 2.27. The average molecular weight is 587 g/mol. The Morgan fingerprint density at radius 2 is 1.71 bits per heavy atom. The number of esters is 1. The molecule has 1 aliphatic rings. The molecule has 0 saturated carbocycles. The smallest absolute Gasteiger partial charge is 0.409 e. The highest BCUT2D eigenvalue weighted by atomic mass is 16.6. The fourth-order valence-electron chi connectivity index (χ4n) is 4.37. The molecule has 2 heterocycles. The second-order valence-corrected chi connectivity index (χ2v) is 10.9. The van der Waals surface area contributed by atoms with E-state index in [0.717, 1.165) is 5.56 Å². The van der Waals surface area contributed by atoms with Crippen LogP contribution in [0, 0.1) is 6.92 Å². The van der Waals surface area contributed by atoms with Crippen LogP contribution in [0.2, 0.25) is 0 Å². The van der Waals surface area contributed by atoms with Crippen molar-refractivity contribution >= 4 is 40.7 Å². The minimum Gasteiger partial charge on any atom is -0.481 e. The number of nitrogens with one attached hydrogen (secondary N) is 1. The van der Waals surface area contributed by atoms with E-state index in [-0.39, 0.29) is 57.1 Å². The van der Waals surface area contributed by atoms with Gasteiger partial charge in [-0.25, -0.2) is 14.6 Å². The molecule has 13 heteroatoms. The predicted octanol–water partition coefficient (Wildman–Crippen LogP) is 2.53. The molecule has 2 aromatic rings. The highest BCUT2D eigenvalue weighted by Gasteiger charge is 2.32. The number of hydrogen-bond donors (Lipinski definition) is 2. The van der Waals surface area contributed by atoms with Gasteiger partial charge in [0, 0.05) is 44.1 Å². The highest BCUT2D eigenvalue weighted by molar-refractivity contribution is 5.99. The molecule has 1 saturated heterocycles. The molecule has 228 valence electrons. The number of carboxylic acid groups (broad SMARTS) is 1. The van der Waals surface area contributed by atoms with Crippen molar-refractivity contribution in [2.75, 3.05) is 39.4 Å². The molecule has 0 spiro atoms. The van der Waals surface area contributed by atoms with Gasteiger partial charge in [-0.3, -0.25) is 14.4 Å². The van der Waals surface area contributed by atoms with E-state index >= 15 is 0 Å². The number of aryl methyl sites for hydroxylation is 1. The molecular weight excluding hydrogens is 548 g/mol. The number of ether oxygens (including phenoxy) is 3. The summed E-state index contributed by atoms with van der Waals surface area (Å²) in [7, 11) is 0. The number of aromatic nitrogens is 1. The normalized spacial score (nSPS) is 14.2. The third kappa shape index (κ3) is 9.05. The summed E-state index contributed by atoms with van der Waals surface area (Å²) in [6, 6.07) is 5.49. The zero-order valence-electron chi connectivity index (χ0n) is 24.6. The van der Waals surface area contributed by atoms with Crippen LogP contribution in [-0.2, 0) is 23.9 Å². The topological polar surface area (TPSA) is 165 Å². The van der Waals surface area contributed by atoms with Gasteiger partial charge in [-0.15, -0.1) is 0 Å². The monoisotopic (exact) mass is 586 g/mol. The van der Waals surface area contributed by atoms with Gasteiger partial charge < -0.3 is 34.4 Å². The van der Waals surface area contributed by atoms with E-state index in [4.69, 9.17) is 19.3 Å². The summed E-state index contributed by atoms with van der Waals surface area (Å²) in [4.78, 5) is 70.1. The zero-order chi connectivity index (χ0) is 31.0. The number of hydrogen-bond acceptors (Lipinski definition) is 9. The van der Waals surface area contributed by atoms with Crippen LogP contribution in [0.5, 0.6) is 5.75 Å². The minimum absolute atomic E-state index is 0.0351. The summed E-state index contributed by atoms with van der Waals surface area (Å²) < 4.78 is 15.8. The lowest BCUT2D eigenvalue weighted by Gasteiger charge is -2.36. The Morgan fingerprint density at radius 3 is 2.33 bits per heavy atom. The second-order valence-electron chi connectivity index (χ2n) is 10.9. The number of fused-ring (bicyclic) bond motifs is 1. The van der Waals surface area contributed by atoms with Crippen LogP contribution in [0.4, 0.5) is 4.79 Å². The molecule has 0 bridgehead atoms. The number of nitrogens with zero attached hydrogens (tertiary/aromatic N) is 3. The van der Waals surface area contributed by atoms with Crippen LogP contribution < -0.4 is 10.1 Å². The van der Waals surface area contributed by atoms with Crippen LogP contribution in [0.25, 0.3) is 10.9 Å². The summed E-state index contributed by atoms with van der Waals surface area (Å²) in [5.41, 5.74) is 0.470. The third-order valence-electron chi connectivity index (χ3n) is 6.29. The molecule has 0 aliphatic carbocycles. The molecule has 1 aromatic heterocycles. The number of rotatable bonds is 10. The maximum atomic E-state index is 13.6. The first-order valence-corrected chi connectivity index (χ1v) is 13.8. The fraction of sp³-hybridized carbons (Fsp3) is 0.517. The molecule has 1 atom stereocenters. The van der Waals surface area contributed by atoms with Crippen molar-refractivity contribution in [3.05, 3.63) is 35.5 Å². The average Bonchev–Trinajstić information content (AvgIpc) is 2.92. The SMILES string of the molecule is CCOC(=O)N1CCN(C(=O)[C@H](CCC(=O)OC(C)(C)C)NC(=O)c2cc(OCC(=O)O)c3ccc(C)cc3n2)CC1. The predicted molar refractivity (Wildman–Crippen MR) is 151 cm³/mol. The summed E-state index contributed by atoms with van der Waals surface area (Å²) in [5, 5.41) is 12.3. The maximum Gasteiger partial charge on any atom is 0.409 e. The Hall–Kier alpha value is -4.42. The number of piperazine rings is 1. The number of carboxylic acids is 1. The maximum absolute atomic E-state index is 13.6. The molecule has 2 N–H and O–H groups in total. The summed E-state index contributed by atoms with van der Waals surface area (Å²) in [5.74, 6) is -2.68. The number of aliphatic carboxylic acids is 1. The lowest BCUT2D eigenvalue weighted by atomic mass is 10.1. The summed E-state index contributed by atoms with van der Waals surface area (Å²) in [6.45, 7) is 9.32. The van der Waals surface area contributed by atoms with Gasteiger partial charge in [0.05, 0.1) is 12.1 Å². The van der Waals surface area contributed by atoms with Gasteiger partial charge in [-0.1, -0.05) is 6.07 Å². The van der Waals surface area contributed by atoms with E-state index in [1.54, 1.807) is 39.8 Å². The number of amides is 3. The molecule has 1 aromatic carbocycles. The number of pyridine rings is 1. The van der Waals surface area contributed by atoms with E-state index in [1.165, 1.54) is 15.9 Å². The van der Waals surface area contributed by atoms with Crippen molar-refractivity contribution in [2.24, 2.45) is 0 Å². The van der Waals surface area contributed by atoms with Crippen molar-refractivity contribution in [2.45, 2.75) is 59.1 Å². The molecule has 0 radical (unpaired) electrons. The van der Waals surface area contributed by atoms with Crippen molar-refractivity contribution in [1.29, 1.82) is 0 Å². The van der Waals surface area contributed by atoms with Crippen molar-refractivity contribution in [1.82, 2.24) is 20.1 Å². The van der Waals surface area contributed by atoms with Gasteiger partial charge in [0.15, 0.2) is 6.61 Å². The molecule has 0 unspecified atom stereocenters. The van der Waals surface area contributed by atoms with Crippen LogP contribution in [0.3, 0.4) is 0 Å². The molecule has 3 rings (SSSR count). The van der Waals surface area contributed by atoms with Gasteiger partial charge in [0.1, 0.15) is 23.1 Å². The number of carbonyl (C=O) groups excluding carboxylic acids is 4. The van der Waals surface area contributed by atoms with E-state index in [1.807, 2.05) is 13.0 Å². The lowest BCUT2D eigenvalue weighted by molar-refractivity contribution is -0.155. The minimum atomic E-state index is -1.19. The Morgan fingerprint density at radius 1 is 1.05 bits per heavy atom. The Bertz CT molecular complexity index is 1330. The molecule has 1 fully saturated rings. The van der Waals surface area contributed by atoms with Gasteiger partial charge in [-0.05, 0) is 58.7 Å². The Balaban J connectivity index is 1.83. The van der Waals surface area contributed by atoms with Gasteiger partial charge in [0.2, 0.25) is 5.91 Å². The quantitative estimate of drug-likeness (QED) is 0.395. The van der Waals surface area contributed by atoms with E-state index in [0.29, 0.717) is 10.9 Å². The summed E-state index contributed by atoms with van der Waals surface area (Å²) in [6.07, 6.45) is -0.626. The molecule has 42 heavy (non-hydrogen) atoms. The molecular formula is C29H38N4O9. The van der Waals surface area contributed by atoms with Crippen molar-refractivity contribution in [3.8, 4) is 5.75 Å². The van der Waals surface area contributed by atoms with E-state index in [2.05, 4.69) is 10.3 Å². The van der Waals surface area contributed by atoms with E-state index in [9.17, 15) is 24.0 Å². The van der Waals surface area contributed by atoms with Gasteiger partial charge in [0.25, 0.3) is 5.91 Å². The standard InChI is InChI=1S/C29H38N4O9/c1-6-40-28(39)33-13-11-32(12-14-33)27(38)20(9-10-25(36)42-29(3,4)5)31-26(37)22-16-23(41-17-24(34)35)19-8-7-18(2)15-21(19)30-22/h7-8,15-16,20H,6,9-14,17H2,1-5H3,(H,31,37)(H,34,35)/t20-/m0/s1. The van der Waals surface area contributed by atoms with Crippen molar-refractivity contribution < 1.29 is 43.3 Å². The zero-order valence-corrected chi connectivity index (χ0v) is 24.6. The number of carbonyl (C=O) groups is 5. The molecule has 1 aliphatic heterocycles. The molecule has 13 nitrogen and oxygen atoms in total. The fourth-order valence-corrected chi connectivity index (χ4v) is 4.37. The van der Waals surface area contributed by atoms with Crippen molar-refractivity contribution in [3.63, 3.8) is 0 Å². The lowest BCUT2D eigenvalue weighted by Crippen LogP contribution is -2.56. The van der Waals surface area contributed by atoms with Gasteiger partial charge >= 0.3 is 18.0 Å². The second kappa shape index (κ2) is 14.0. The third-order valence-corrected chi connectivity index (χ3v) is 6.29. The molecule has 3 amide bonds. The van der Waals surface area contributed by atoms with Crippen LogP contribution in [0.1, 0.15) is 56.6 Å². The van der Waals surface area contributed by atoms with Crippen LogP contribution >= 0.6 is 0 Å². The largest absolute Gasteiger partial charge is 0.481 e. The Labute approximate surface area is 244 Å².